The number of hydrogen-bond acceptors (Lipinski definition) is 9. The maximum Gasteiger partial charge on any atom is 0.305 e. The van der Waals surface area contributed by atoms with Gasteiger partial charge >= 0.3 is 4.87 Å². The Kier molecular flexibility index (Phi) is 7.02. The van der Waals surface area contributed by atoms with Crippen molar-refractivity contribution in [2.75, 3.05) is 16.8 Å². The fraction of sp³-hybridized carbons (Fsp3) is 0.273. The minimum Gasteiger partial charge on any atom is -0.483 e. The molecule has 4 aromatic rings. The summed E-state index contributed by atoms with van der Waals surface area (Å²) >= 11 is 2.68. The standard InChI is InChI=1S/C33H25FN4O7S2/c34-15-5-7-16(8-6-15)35-23(39)14-45-22-4-2-1-3-19(22)24-25-20-13-21(28(25)46-30-29(24)47-33(42)36-30)27-26(20)31(40)37(32(27)41)17-9-11-18(12-10-17)38(43)44/h1-12,20-21,24-28H,13-14H2,(H,35,39)(H,36,42)/t20-,21-,24+,25-,26+,27+,28-/m1/s1. The normalized spacial score (nSPS) is 26.9. The Balaban J connectivity index is 1.11. The highest BCUT2D eigenvalue weighted by Crippen LogP contribution is 2.69. The molecule has 14 heteroatoms. The molecule has 8 rings (SSSR count). The number of fused-ring (bicyclic) bond motifs is 9. The highest BCUT2D eigenvalue weighted by atomic mass is 32.2. The summed E-state index contributed by atoms with van der Waals surface area (Å²) in [6, 6.07) is 18.2. The number of anilines is 2. The third-order valence-electron chi connectivity index (χ3n) is 9.78. The highest BCUT2D eigenvalue weighted by Gasteiger charge is 2.69. The molecule has 0 spiro atoms. The van der Waals surface area contributed by atoms with Crippen LogP contribution in [0.25, 0.3) is 0 Å². The Bertz CT molecular complexity index is 2010. The van der Waals surface area contributed by atoms with Crippen LogP contribution in [-0.2, 0) is 14.4 Å². The van der Waals surface area contributed by atoms with Crippen molar-refractivity contribution in [2.24, 2.45) is 29.6 Å². The van der Waals surface area contributed by atoms with Crippen molar-refractivity contribution in [1.82, 2.24) is 4.98 Å². The molecule has 4 aliphatic rings. The van der Waals surface area contributed by atoms with Gasteiger partial charge in [0.15, 0.2) is 6.61 Å². The molecule has 11 nitrogen and oxygen atoms in total. The number of amides is 3. The molecule has 3 amide bonds. The van der Waals surface area contributed by atoms with Crippen molar-refractivity contribution in [2.45, 2.75) is 22.6 Å². The molecule has 0 unspecified atom stereocenters. The fourth-order valence-electron chi connectivity index (χ4n) is 8.09. The van der Waals surface area contributed by atoms with Gasteiger partial charge in [0, 0.05) is 39.4 Å². The first kappa shape index (κ1) is 29.6. The first-order chi connectivity index (χ1) is 22.7. The first-order valence-electron chi connectivity index (χ1n) is 15.0. The van der Waals surface area contributed by atoms with E-state index in [2.05, 4.69) is 10.3 Å². The van der Waals surface area contributed by atoms with Gasteiger partial charge in [-0.1, -0.05) is 29.5 Å². The van der Waals surface area contributed by atoms with Gasteiger partial charge < -0.3 is 15.0 Å². The van der Waals surface area contributed by atoms with Crippen molar-refractivity contribution in [3.63, 3.8) is 0 Å². The summed E-state index contributed by atoms with van der Waals surface area (Å²) in [6.07, 6.45) is 0.683. The largest absolute Gasteiger partial charge is 0.483 e. The van der Waals surface area contributed by atoms with Crippen LogP contribution in [0.3, 0.4) is 0 Å². The number of rotatable bonds is 7. The molecule has 2 aliphatic heterocycles. The van der Waals surface area contributed by atoms with Gasteiger partial charge in [0.25, 0.3) is 11.6 Å². The number of nitro benzene ring substituents is 1. The Morgan fingerprint density at radius 3 is 2.43 bits per heavy atom. The van der Waals surface area contributed by atoms with Crippen molar-refractivity contribution in [3.05, 3.63) is 109 Å². The second-order valence-electron chi connectivity index (χ2n) is 12.1. The lowest BCUT2D eigenvalue weighted by molar-refractivity contribution is -0.384. The topological polar surface area (TPSA) is 152 Å². The first-order valence-corrected chi connectivity index (χ1v) is 16.7. The van der Waals surface area contributed by atoms with E-state index < -0.39 is 28.5 Å². The van der Waals surface area contributed by atoms with Crippen LogP contribution in [-0.4, -0.2) is 39.5 Å². The molecule has 3 heterocycles. The summed E-state index contributed by atoms with van der Waals surface area (Å²) in [4.78, 5) is 68.7. The lowest BCUT2D eigenvalue weighted by atomic mass is 9.68. The number of aromatic amines is 1. The van der Waals surface area contributed by atoms with Crippen LogP contribution in [0.5, 0.6) is 5.75 Å². The van der Waals surface area contributed by atoms with Crippen molar-refractivity contribution < 1.29 is 28.4 Å². The second-order valence-corrected chi connectivity index (χ2v) is 14.3. The average Bonchev–Trinajstić information content (AvgIpc) is 3.80. The highest BCUT2D eigenvalue weighted by molar-refractivity contribution is 8.00. The van der Waals surface area contributed by atoms with Gasteiger partial charge in [-0.15, -0.1) is 11.8 Å². The van der Waals surface area contributed by atoms with Gasteiger partial charge in [-0.05, 0) is 66.6 Å². The Morgan fingerprint density at radius 1 is 1.00 bits per heavy atom. The zero-order valence-electron chi connectivity index (χ0n) is 24.3. The smallest absolute Gasteiger partial charge is 0.305 e. The molecule has 2 N–H and O–H groups in total. The van der Waals surface area contributed by atoms with Crippen molar-refractivity contribution in [3.8, 4) is 5.75 Å². The summed E-state index contributed by atoms with van der Waals surface area (Å²) in [5.41, 5.74) is 1.39. The molecule has 2 aliphatic carbocycles. The van der Waals surface area contributed by atoms with Crippen LogP contribution in [0, 0.1) is 45.5 Å². The number of benzene rings is 3. The van der Waals surface area contributed by atoms with Gasteiger partial charge in [-0.2, -0.15) is 0 Å². The molecule has 238 valence electrons. The van der Waals surface area contributed by atoms with Gasteiger partial charge in [0.05, 0.1) is 27.5 Å². The number of ether oxygens (including phenoxy) is 1. The lowest BCUT2D eigenvalue weighted by Gasteiger charge is -2.43. The number of nitrogens with one attached hydrogen (secondary N) is 2. The number of hydrogen-bond donors (Lipinski definition) is 2. The molecule has 3 fully saturated rings. The number of carbonyl (C=O) groups excluding carboxylic acids is 3. The van der Waals surface area contributed by atoms with Crippen molar-refractivity contribution in [1.29, 1.82) is 0 Å². The predicted molar refractivity (Wildman–Crippen MR) is 171 cm³/mol. The average molecular weight is 673 g/mol. The number of thiazole rings is 1. The summed E-state index contributed by atoms with van der Waals surface area (Å²) in [6.45, 7) is -0.311. The van der Waals surface area contributed by atoms with E-state index in [-0.39, 0.29) is 57.9 Å². The number of para-hydroxylation sites is 1. The minimum atomic E-state index is -0.557. The molecule has 2 saturated carbocycles. The SMILES string of the molecule is O=C(COc1ccccc1[C@@H]1c2sc(=O)[nH]c2S[C@@H]2[C@@H]3C[C@@H]([C@@H]4C(=O)N(c5ccc([N+](=O)[O-])cc5)C(=O)[C@@H]34)[C@H]12)Nc1ccc(F)cc1. The van der Waals surface area contributed by atoms with Crippen LogP contribution in [0.2, 0.25) is 0 Å². The second kappa shape index (κ2) is 11.2. The number of imide groups is 1. The molecule has 0 radical (unpaired) electrons. The summed E-state index contributed by atoms with van der Waals surface area (Å²) in [5, 5.41) is 14.5. The van der Waals surface area contributed by atoms with E-state index in [4.69, 9.17) is 4.74 Å². The Hall–Kier alpha value is -4.82. The summed E-state index contributed by atoms with van der Waals surface area (Å²) in [5.74, 6) is -2.77. The molecular formula is C33H25FN4O7S2. The number of nitro groups is 1. The van der Waals surface area contributed by atoms with Gasteiger partial charge in [0.2, 0.25) is 11.8 Å². The van der Waals surface area contributed by atoms with Gasteiger partial charge in [-0.25, -0.2) is 4.39 Å². The Labute approximate surface area is 274 Å². The molecule has 3 aromatic carbocycles. The maximum absolute atomic E-state index is 14.0. The number of aromatic nitrogens is 1. The lowest BCUT2D eigenvalue weighted by Crippen LogP contribution is -2.42. The van der Waals surface area contributed by atoms with Gasteiger partial charge in [0.1, 0.15) is 11.6 Å². The number of carbonyl (C=O) groups is 3. The monoisotopic (exact) mass is 672 g/mol. The van der Waals surface area contributed by atoms with E-state index in [0.717, 1.165) is 26.8 Å². The number of H-pyrrole nitrogens is 1. The van der Waals surface area contributed by atoms with Crippen LogP contribution in [0.1, 0.15) is 22.8 Å². The van der Waals surface area contributed by atoms with E-state index in [1.807, 2.05) is 12.1 Å². The molecule has 47 heavy (non-hydrogen) atoms. The van der Waals surface area contributed by atoms with E-state index >= 15 is 0 Å². The van der Waals surface area contributed by atoms with Crippen LogP contribution < -0.4 is 19.8 Å². The van der Waals surface area contributed by atoms with E-state index in [9.17, 15) is 33.7 Å². The Morgan fingerprint density at radius 2 is 1.70 bits per heavy atom. The molecule has 1 saturated heterocycles. The van der Waals surface area contributed by atoms with Crippen LogP contribution in [0.15, 0.2) is 82.6 Å². The number of thioether (sulfide) groups is 1. The molecular weight excluding hydrogens is 648 g/mol. The predicted octanol–water partition coefficient (Wildman–Crippen LogP) is 5.18. The van der Waals surface area contributed by atoms with Gasteiger partial charge in [-0.3, -0.25) is 34.2 Å². The van der Waals surface area contributed by atoms with E-state index in [1.165, 1.54) is 53.4 Å². The van der Waals surface area contributed by atoms with Crippen molar-refractivity contribution >= 4 is 57.9 Å². The summed E-state index contributed by atoms with van der Waals surface area (Å²) < 4.78 is 19.4. The quantitative estimate of drug-likeness (QED) is 0.155. The van der Waals surface area contributed by atoms with Crippen LogP contribution in [0.4, 0.5) is 21.5 Å². The van der Waals surface area contributed by atoms with E-state index in [0.29, 0.717) is 23.5 Å². The third-order valence-corrected chi connectivity index (χ3v) is 12.4. The number of nitrogens with zero attached hydrogens (tertiary/aromatic N) is 2. The number of halogens is 1. The number of non-ortho nitro benzene ring substituents is 1. The summed E-state index contributed by atoms with van der Waals surface area (Å²) in [7, 11) is 0. The third kappa shape index (κ3) is 4.76. The minimum absolute atomic E-state index is 0.0626. The zero-order chi connectivity index (χ0) is 32.6. The molecule has 7 atom stereocenters. The zero-order valence-corrected chi connectivity index (χ0v) is 26.0. The van der Waals surface area contributed by atoms with E-state index in [1.54, 1.807) is 23.9 Å². The molecule has 2 bridgehead atoms. The maximum atomic E-state index is 14.0. The molecule has 1 aromatic heterocycles. The van der Waals surface area contributed by atoms with Crippen LogP contribution >= 0.6 is 23.1 Å². The fourth-order valence-corrected chi connectivity index (χ4v) is 11.0.